The van der Waals surface area contributed by atoms with E-state index in [9.17, 15) is 10.1 Å². The van der Waals surface area contributed by atoms with Gasteiger partial charge in [-0.3, -0.25) is 10.1 Å². The molecule has 0 fully saturated rings. The van der Waals surface area contributed by atoms with Gasteiger partial charge in [-0.15, -0.1) is 0 Å². The minimum absolute atomic E-state index is 0.108. The lowest BCUT2D eigenvalue weighted by molar-refractivity contribution is -0.385. The lowest BCUT2D eigenvalue weighted by Crippen LogP contribution is -2.34. The number of nitro groups is 1. The van der Waals surface area contributed by atoms with Crippen LogP contribution in [0.5, 0.6) is 0 Å². The zero-order chi connectivity index (χ0) is 13.1. The van der Waals surface area contributed by atoms with Gasteiger partial charge in [0.1, 0.15) is 0 Å². The highest BCUT2D eigenvalue weighted by molar-refractivity contribution is 7.98. The average molecular weight is 275 g/mol. The molecule has 2 N–H and O–H groups in total. The fraction of sp³-hybridized carbons (Fsp3) is 0.455. The van der Waals surface area contributed by atoms with Gasteiger partial charge in [-0.05, 0) is 26.0 Å². The van der Waals surface area contributed by atoms with Crippen molar-refractivity contribution in [2.75, 3.05) is 5.75 Å². The SMILES string of the molecule is CC(C)(N)CSCc1cc(Cl)ccc1[N+](=O)[O-]. The van der Waals surface area contributed by atoms with Crippen LogP contribution in [-0.4, -0.2) is 16.2 Å². The first-order valence-electron chi connectivity index (χ1n) is 5.09. The van der Waals surface area contributed by atoms with Crippen molar-refractivity contribution in [3.63, 3.8) is 0 Å². The van der Waals surface area contributed by atoms with Crippen molar-refractivity contribution in [1.82, 2.24) is 0 Å². The minimum Gasteiger partial charge on any atom is -0.325 e. The molecule has 0 aliphatic carbocycles. The van der Waals surface area contributed by atoms with Crippen molar-refractivity contribution in [3.8, 4) is 0 Å². The van der Waals surface area contributed by atoms with Crippen LogP contribution in [0, 0.1) is 10.1 Å². The molecular formula is C11H15ClN2O2S. The minimum atomic E-state index is -0.389. The standard InChI is InChI=1S/C11H15ClN2O2S/c1-11(2,13)7-17-6-8-5-9(12)3-4-10(8)14(15)16/h3-5H,6-7,13H2,1-2H3. The van der Waals surface area contributed by atoms with E-state index in [0.717, 1.165) is 5.75 Å². The second-order valence-electron chi connectivity index (χ2n) is 4.51. The van der Waals surface area contributed by atoms with Gasteiger partial charge in [-0.25, -0.2) is 0 Å². The molecule has 1 rings (SSSR count). The van der Waals surface area contributed by atoms with Gasteiger partial charge in [0.15, 0.2) is 0 Å². The third-order valence-corrected chi connectivity index (χ3v) is 3.67. The molecule has 0 radical (unpaired) electrons. The summed E-state index contributed by atoms with van der Waals surface area (Å²) in [5, 5.41) is 11.3. The number of benzene rings is 1. The first-order valence-corrected chi connectivity index (χ1v) is 6.62. The Morgan fingerprint density at radius 3 is 2.71 bits per heavy atom. The van der Waals surface area contributed by atoms with Crippen LogP contribution in [0.25, 0.3) is 0 Å². The van der Waals surface area contributed by atoms with Crippen molar-refractivity contribution in [2.45, 2.75) is 25.1 Å². The molecule has 0 bridgehead atoms. The smallest absolute Gasteiger partial charge is 0.273 e. The predicted molar refractivity (Wildman–Crippen MR) is 72.5 cm³/mol. The molecule has 0 spiro atoms. The predicted octanol–water partition coefficient (Wildman–Crippen LogP) is 3.22. The molecule has 0 saturated heterocycles. The molecular weight excluding hydrogens is 260 g/mol. The summed E-state index contributed by atoms with van der Waals surface area (Å²) in [7, 11) is 0. The first kappa shape index (κ1) is 14.3. The highest BCUT2D eigenvalue weighted by Crippen LogP contribution is 2.27. The summed E-state index contributed by atoms with van der Waals surface area (Å²) < 4.78 is 0. The molecule has 0 amide bonds. The van der Waals surface area contributed by atoms with Gasteiger partial charge in [-0.2, -0.15) is 11.8 Å². The average Bonchev–Trinajstić information content (AvgIpc) is 2.15. The number of thioether (sulfide) groups is 1. The third kappa shape index (κ3) is 4.93. The van der Waals surface area contributed by atoms with Crippen LogP contribution in [0.4, 0.5) is 5.69 Å². The first-order chi connectivity index (χ1) is 7.79. The lowest BCUT2D eigenvalue weighted by Gasteiger charge is -2.17. The second-order valence-corrected chi connectivity index (χ2v) is 5.93. The van der Waals surface area contributed by atoms with Crippen molar-refractivity contribution in [3.05, 3.63) is 38.9 Å². The third-order valence-electron chi connectivity index (χ3n) is 1.97. The summed E-state index contributed by atoms with van der Waals surface area (Å²) in [6, 6.07) is 4.60. The lowest BCUT2D eigenvalue weighted by atomic mass is 10.1. The normalized spacial score (nSPS) is 11.5. The number of hydrogen-bond acceptors (Lipinski definition) is 4. The van der Waals surface area contributed by atoms with Gasteiger partial charge < -0.3 is 5.73 Å². The van der Waals surface area contributed by atoms with Gasteiger partial charge in [0.05, 0.1) is 4.92 Å². The van der Waals surface area contributed by atoms with E-state index >= 15 is 0 Å². The molecule has 1 aromatic rings. The van der Waals surface area contributed by atoms with E-state index < -0.39 is 0 Å². The molecule has 94 valence electrons. The molecule has 1 aromatic carbocycles. The van der Waals surface area contributed by atoms with Gasteiger partial charge in [-0.1, -0.05) is 11.6 Å². The van der Waals surface area contributed by atoms with Crippen LogP contribution in [0.1, 0.15) is 19.4 Å². The Bertz CT molecular complexity index is 418. The monoisotopic (exact) mass is 274 g/mol. The number of halogens is 1. The highest BCUT2D eigenvalue weighted by Gasteiger charge is 2.16. The van der Waals surface area contributed by atoms with Crippen LogP contribution in [0.3, 0.4) is 0 Å². The Kier molecular flexibility index (Phi) is 4.80. The van der Waals surface area contributed by atoms with Crippen LogP contribution in [0.15, 0.2) is 18.2 Å². The summed E-state index contributed by atoms with van der Waals surface area (Å²) in [5.41, 5.74) is 6.31. The highest BCUT2D eigenvalue weighted by atomic mass is 35.5. The molecule has 0 atom stereocenters. The summed E-state index contributed by atoms with van der Waals surface area (Å²) in [5.74, 6) is 1.27. The van der Waals surface area contributed by atoms with Crippen LogP contribution in [0.2, 0.25) is 5.02 Å². The molecule has 0 aliphatic heterocycles. The molecule has 0 saturated carbocycles. The number of nitro benzene ring substituents is 1. The number of nitrogens with zero attached hydrogens (tertiary/aromatic N) is 1. The van der Waals surface area contributed by atoms with Crippen molar-refractivity contribution >= 4 is 29.1 Å². The van der Waals surface area contributed by atoms with Gasteiger partial charge in [0, 0.05) is 33.7 Å². The number of hydrogen-bond donors (Lipinski definition) is 1. The van der Waals surface area contributed by atoms with E-state index in [1.807, 2.05) is 13.8 Å². The second kappa shape index (κ2) is 5.71. The van der Waals surface area contributed by atoms with Crippen molar-refractivity contribution in [1.29, 1.82) is 0 Å². The van der Waals surface area contributed by atoms with Gasteiger partial charge in [0.25, 0.3) is 5.69 Å². The Morgan fingerprint density at radius 2 is 2.18 bits per heavy atom. The molecule has 17 heavy (non-hydrogen) atoms. The van der Waals surface area contributed by atoms with E-state index in [4.69, 9.17) is 17.3 Å². The maximum absolute atomic E-state index is 10.8. The summed E-state index contributed by atoms with van der Waals surface area (Å²) in [4.78, 5) is 10.4. The maximum Gasteiger partial charge on any atom is 0.273 e. The zero-order valence-electron chi connectivity index (χ0n) is 9.77. The van der Waals surface area contributed by atoms with E-state index in [1.165, 1.54) is 12.1 Å². The number of nitrogens with two attached hydrogens (primary N) is 1. The molecule has 0 aliphatic rings. The Hall–Kier alpha value is -0.780. The van der Waals surface area contributed by atoms with Crippen molar-refractivity contribution < 1.29 is 4.92 Å². The number of rotatable bonds is 5. The Morgan fingerprint density at radius 1 is 1.53 bits per heavy atom. The topological polar surface area (TPSA) is 69.2 Å². The summed E-state index contributed by atoms with van der Waals surface area (Å²) >= 11 is 7.40. The Labute approximate surface area is 110 Å². The fourth-order valence-electron chi connectivity index (χ4n) is 1.27. The van der Waals surface area contributed by atoms with Crippen LogP contribution in [-0.2, 0) is 5.75 Å². The summed E-state index contributed by atoms with van der Waals surface area (Å²) in [6.07, 6.45) is 0. The maximum atomic E-state index is 10.8. The largest absolute Gasteiger partial charge is 0.325 e. The van der Waals surface area contributed by atoms with E-state index in [2.05, 4.69) is 0 Å². The Balaban J connectivity index is 2.75. The molecule has 4 nitrogen and oxygen atoms in total. The summed E-state index contributed by atoms with van der Waals surface area (Å²) in [6.45, 7) is 3.85. The zero-order valence-corrected chi connectivity index (χ0v) is 11.3. The van der Waals surface area contributed by atoms with Gasteiger partial charge >= 0.3 is 0 Å². The fourth-order valence-corrected chi connectivity index (χ4v) is 2.55. The van der Waals surface area contributed by atoms with E-state index in [0.29, 0.717) is 16.3 Å². The molecule has 0 heterocycles. The molecule has 6 heteroatoms. The molecule has 0 aromatic heterocycles. The quantitative estimate of drug-likeness (QED) is 0.661. The van der Waals surface area contributed by atoms with E-state index in [1.54, 1.807) is 17.8 Å². The van der Waals surface area contributed by atoms with Crippen molar-refractivity contribution in [2.24, 2.45) is 5.73 Å². The van der Waals surface area contributed by atoms with Gasteiger partial charge in [0.2, 0.25) is 0 Å². The molecule has 0 unspecified atom stereocenters. The van der Waals surface area contributed by atoms with Crippen LogP contribution < -0.4 is 5.73 Å². The van der Waals surface area contributed by atoms with Crippen LogP contribution >= 0.6 is 23.4 Å². The van der Waals surface area contributed by atoms with E-state index in [-0.39, 0.29) is 16.1 Å².